The number of aryl methyl sites for hydroxylation is 1. The first-order chi connectivity index (χ1) is 5.59. The largest absolute Gasteiger partial charge is 0.508 e. The van der Waals surface area contributed by atoms with Crippen molar-refractivity contribution in [1.29, 1.82) is 0 Å². The van der Waals surface area contributed by atoms with Gasteiger partial charge in [0.2, 0.25) is 0 Å². The lowest BCUT2D eigenvalue weighted by Crippen LogP contribution is -2.04. The van der Waals surface area contributed by atoms with Crippen LogP contribution in [0.15, 0.2) is 18.2 Å². The van der Waals surface area contributed by atoms with Crippen molar-refractivity contribution in [3.8, 4) is 5.75 Å². The van der Waals surface area contributed by atoms with Crippen LogP contribution in [0.1, 0.15) is 18.1 Å². The van der Waals surface area contributed by atoms with E-state index in [1.807, 2.05) is 19.1 Å². The maximum Gasteiger partial charge on any atom is 0.119 e. The second kappa shape index (κ2) is 3.59. The molecule has 0 aliphatic carbocycles. The molecule has 0 heterocycles. The molecular weight excluding hydrogens is 152 g/mol. The van der Waals surface area contributed by atoms with E-state index in [0.29, 0.717) is 6.42 Å². The van der Waals surface area contributed by atoms with Crippen LogP contribution in [0.25, 0.3) is 0 Å². The minimum atomic E-state index is -0.404. The average molecular weight is 166 g/mol. The van der Waals surface area contributed by atoms with Crippen LogP contribution in [0.5, 0.6) is 5.75 Å². The van der Waals surface area contributed by atoms with E-state index < -0.39 is 6.10 Å². The Labute approximate surface area is 72.5 Å². The summed E-state index contributed by atoms with van der Waals surface area (Å²) in [4.78, 5) is 0. The van der Waals surface area contributed by atoms with Crippen molar-refractivity contribution >= 4 is 0 Å². The summed E-state index contributed by atoms with van der Waals surface area (Å²) in [6.45, 7) is 3.63. The molecule has 1 aromatic rings. The molecule has 0 saturated heterocycles. The van der Waals surface area contributed by atoms with Gasteiger partial charge in [-0.05, 0) is 31.0 Å². The maximum atomic E-state index is 9.43. The first-order valence-corrected chi connectivity index (χ1v) is 4.06. The van der Waals surface area contributed by atoms with Crippen LogP contribution in [0.4, 0.5) is 0 Å². The standard InChI is InChI=1S/C10H14O2/c1-7-3-4-9(6-8(2)11)10(12)5-7/h3-5,8,11-12H,6H2,1-2H3/t8-/m1/s1. The van der Waals surface area contributed by atoms with Crippen LogP contribution in [0, 0.1) is 6.92 Å². The van der Waals surface area contributed by atoms with Crippen LogP contribution in [0.3, 0.4) is 0 Å². The van der Waals surface area contributed by atoms with Crippen molar-refractivity contribution in [2.24, 2.45) is 0 Å². The highest BCUT2D eigenvalue weighted by molar-refractivity contribution is 5.36. The smallest absolute Gasteiger partial charge is 0.119 e. The van der Waals surface area contributed by atoms with E-state index in [-0.39, 0.29) is 5.75 Å². The molecule has 66 valence electrons. The number of aliphatic hydroxyl groups is 1. The third-order valence-electron chi connectivity index (χ3n) is 1.76. The van der Waals surface area contributed by atoms with Crippen LogP contribution in [-0.2, 0) is 6.42 Å². The summed E-state index contributed by atoms with van der Waals surface area (Å²) in [5, 5.41) is 18.5. The number of benzene rings is 1. The summed E-state index contributed by atoms with van der Waals surface area (Å²) in [7, 11) is 0. The predicted octanol–water partition coefficient (Wildman–Crippen LogP) is 1.62. The Morgan fingerprint density at radius 2 is 2.08 bits per heavy atom. The van der Waals surface area contributed by atoms with Gasteiger partial charge in [-0.2, -0.15) is 0 Å². The lowest BCUT2D eigenvalue weighted by atomic mass is 10.1. The summed E-state index contributed by atoms with van der Waals surface area (Å²) in [5.74, 6) is 0.274. The van der Waals surface area contributed by atoms with Crippen molar-refractivity contribution in [1.82, 2.24) is 0 Å². The van der Waals surface area contributed by atoms with Gasteiger partial charge in [-0.25, -0.2) is 0 Å². The van der Waals surface area contributed by atoms with Gasteiger partial charge in [-0.3, -0.25) is 0 Å². The number of aromatic hydroxyl groups is 1. The first kappa shape index (κ1) is 9.07. The molecule has 0 fully saturated rings. The molecule has 0 bridgehead atoms. The van der Waals surface area contributed by atoms with Gasteiger partial charge in [-0.1, -0.05) is 12.1 Å². The fraction of sp³-hybridized carbons (Fsp3) is 0.400. The van der Waals surface area contributed by atoms with Gasteiger partial charge < -0.3 is 10.2 Å². The molecule has 0 aliphatic heterocycles. The topological polar surface area (TPSA) is 40.5 Å². The molecule has 0 unspecified atom stereocenters. The van der Waals surface area contributed by atoms with Crippen molar-refractivity contribution in [3.05, 3.63) is 29.3 Å². The summed E-state index contributed by atoms with van der Waals surface area (Å²) in [5.41, 5.74) is 1.83. The fourth-order valence-corrected chi connectivity index (χ4v) is 1.16. The van der Waals surface area contributed by atoms with Crippen LogP contribution in [0.2, 0.25) is 0 Å². The van der Waals surface area contributed by atoms with Crippen LogP contribution < -0.4 is 0 Å². The lowest BCUT2D eigenvalue weighted by Gasteiger charge is -2.06. The van der Waals surface area contributed by atoms with Crippen LogP contribution in [-0.4, -0.2) is 16.3 Å². The molecule has 0 spiro atoms. The molecule has 0 saturated carbocycles. The molecular formula is C10H14O2. The third kappa shape index (κ3) is 2.24. The monoisotopic (exact) mass is 166 g/mol. The zero-order chi connectivity index (χ0) is 9.14. The van der Waals surface area contributed by atoms with Gasteiger partial charge in [0.25, 0.3) is 0 Å². The van der Waals surface area contributed by atoms with Crippen molar-refractivity contribution in [2.45, 2.75) is 26.4 Å². The lowest BCUT2D eigenvalue weighted by molar-refractivity contribution is 0.194. The highest BCUT2D eigenvalue weighted by Gasteiger charge is 2.03. The predicted molar refractivity (Wildman–Crippen MR) is 48.2 cm³/mol. The van der Waals surface area contributed by atoms with Crippen molar-refractivity contribution in [3.63, 3.8) is 0 Å². The highest BCUT2D eigenvalue weighted by Crippen LogP contribution is 2.19. The SMILES string of the molecule is Cc1ccc(C[C@@H](C)O)c(O)c1. The Kier molecular flexibility index (Phi) is 2.71. The number of hydrogen-bond donors (Lipinski definition) is 2. The van der Waals surface area contributed by atoms with Gasteiger partial charge in [0, 0.05) is 6.42 Å². The van der Waals surface area contributed by atoms with E-state index in [9.17, 15) is 5.11 Å². The number of aliphatic hydroxyl groups excluding tert-OH is 1. The minimum Gasteiger partial charge on any atom is -0.508 e. The molecule has 0 aromatic heterocycles. The van der Waals surface area contributed by atoms with Gasteiger partial charge in [0.1, 0.15) is 5.75 Å². The summed E-state index contributed by atoms with van der Waals surface area (Å²) in [6.07, 6.45) is 0.102. The second-order valence-electron chi connectivity index (χ2n) is 3.19. The number of rotatable bonds is 2. The highest BCUT2D eigenvalue weighted by atomic mass is 16.3. The fourth-order valence-electron chi connectivity index (χ4n) is 1.16. The zero-order valence-electron chi connectivity index (χ0n) is 7.41. The molecule has 0 aliphatic rings. The number of phenolic OH excluding ortho intramolecular Hbond substituents is 1. The average Bonchev–Trinajstić information content (AvgIpc) is 1.94. The van der Waals surface area contributed by atoms with Crippen LogP contribution >= 0.6 is 0 Å². The van der Waals surface area contributed by atoms with Gasteiger partial charge in [0.05, 0.1) is 6.10 Å². The van der Waals surface area contributed by atoms with E-state index in [0.717, 1.165) is 11.1 Å². The molecule has 1 aromatic carbocycles. The molecule has 0 radical (unpaired) electrons. The van der Waals surface area contributed by atoms with Crippen molar-refractivity contribution in [2.75, 3.05) is 0 Å². The quantitative estimate of drug-likeness (QED) is 0.701. The summed E-state index contributed by atoms with van der Waals surface area (Å²) < 4.78 is 0. The first-order valence-electron chi connectivity index (χ1n) is 4.06. The van der Waals surface area contributed by atoms with E-state index in [4.69, 9.17) is 5.11 Å². The molecule has 2 N–H and O–H groups in total. The van der Waals surface area contributed by atoms with E-state index in [1.54, 1.807) is 13.0 Å². The zero-order valence-corrected chi connectivity index (χ0v) is 7.41. The minimum absolute atomic E-state index is 0.274. The van der Waals surface area contributed by atoms with Crippen molar-refractivity contribution < 1.29 is 10.2 Å². The molecule has 2 nitrogen and oxygen atoms in total. The molecule has 1 rings (SSSR count). The summed E-state index contributed by atoms with van der Waals surface area (Å²) >= 11 is 0. The van der Waals surface area contributed by atoms with Gasteiger partial charge in [0.15, 0.2) is 0 Å². The van der Waals surface area contributed by atoms with Gasteiger partial charge >= 0.3 is 0 Å². The maximum absolute atomic E-state index is 9.43. The Hall–Kier alpha value is -1.02. The number of phenols is 1. The van der Waals surface area contributed by atoms with E-state index in [2.05, 4.69) is 0 Å². The summed E-state index contributed by atoms with van der Waals surface area (Å²) in [6, 6.07) is 5.48. The number of hydrogen-bond acceptors (Lipinski definition) is 2. The Balaban J connectivity index is 2.86. The second-order valence-corrected chi connectivity index (χ2v) is 3.19. The Morgan fingerprint density at radius 1 is 1.42 bits per heavy atom. The van der Waals surface area contributed by atoms with E-state index >= 15 is 0 Å². The molecule has 0 amide bonds. The molecule has 12 heavy (non-hydrogen) atoms. The van der Waals surface area contributed by atoms with E-state index in [1.165, 1.54) is 0 Å². The Morgan fingerprint density at radius 3 is 2.58 bits per heavy atom. The third-order valence-corrected chi connectivity index (χ3v) is 1.76. The Bertz CT molecular complexity index is 267. The van der Waals surface area contributed by atoms with Gasteiger partial charge in [-0.15, -0.1) is 0 Å². The molecule has 1 atom stereocenters. The normalized spacial score (nSPS) is 12.9. The molecule has 2 heteroatoms.